The van der Waals surface area contributed by atoms with Gasteiger partial charge in [-0.1, -0.05) is 30.4 Å². The fraction of sp³-hybridized carbons (Fsp3) is 0.423. The third-order valence-corrected chi connectivity index (χ3v) is 5.97. The number of rotatable bonds is 9. The number of amides is 1. The van der Waals surface area contributed by atoms with Crippen molar-refractivity contribution in [3.63, 3.8) is 0 Å². The van der Waals surface area contributed by atoms with Crippen molar-refractivity contribution in [2.75, 3.05) is 33.9 Å². The van der Waals surface area contributed by atoms with E-state index in [1.165, 1.54) is 0 Å². The molecule has 0 spiro atoms. The molecule has 6 nitrogen and oxygen atoms in total. The van der Waals surface area contributed by atoms with Gasteiger partial charge in [0.25, 0.3) is 5.91 Å². The van der Waals surface area contributed by atoms with Gasteiger partial charge in [0.15, 0.2) is 11.5 Å². The summed E-state index contributed by atoms with van der Waals surface area (Å²) in [5, 5.41) is 3.03. The Balaban J connectivity index is 1.29. The number of methoxy groups -OCH3 is 2. The molecule has 2 aromatic rings. The smallest absolute Gasteiger partial charge is 0.251 e. The van der Waals surface area contributed by atoms with Gasteiger partial charge in [0.1, 0.15) is 11.9 Å². The van der Waals surface area contributed by atoms with Crippen LogP contribution in [-0.4, -0.2) is 56.8 Å². The number of hydrogen-bond acceptors (Lipinski definition) is 5. The molecule has 2 aromatic carbocycles. The molecule has 0 bridgehead atoms. The van der Waals surface area contributed by atoms with Gasteiger partial charge in [0, 0.05) is 36.8 Å². The summed E-state index contributed by atoms with van der Waals surface area (Å²) >= 11 is 0. The van der Waals surface area contributed by atoms with Crippen LogP contribution in [0.4, 0.5) is 0 Å². The molecule has 1 amide bonds. The van der Waals surface area contributed by atoms with Crippen LogP contribution in [0.15, 0.2) is 48.5 Å². The molecule has 0 radical (unpaired) electrons. The molecule has 1 aliphatic heterocycles. The van der Waals surface area contributed by atoms with Crippen molar-refractivity contribution in [1.82, 2.24) is 10.2 Å². The first-order valence-corrected chi connectivity index (χ1v) is 11.3. The third kappa shape index (κ3) is 5.82. The van der Waals surface area contributed by atoms with Gasteiger partial charge in [-0.3, -0.25) is 9.69 Å². The molecule has 2 aliphatic rings. The average molecular weight is 437 g/mol. The van der Waals surface area contributed by atoms with Crippen LogP contribution in [-0.2, 0) is 0 Å². The van der Waals surface area contributed by atoms with E-state index in [1.807, 2.05) is 24.3 Å². The van der Waals surface area contributed by atoms with E-state index in [4.69, 9.17) is 14.2 Å². The van der Waals surface area contributed by atoms with E-state index < -0.39 is 0 Å². The summed E-state index contributed by atoms with van der Waals surface area (Å²) in [6.45, 7) is 2.82. The molecule has 0 unspecified atom stereocenters. The highest BCUT2D eigenvalue weighted by Crippen LogP contribution is 2.31. The average Bonchev–Trinajstić information content (AvgIpc) is 3.64. The third-order valence-electron chi connectivity index (χ3n) is 5.97. The zero-order valence-corrected chi connectivity index (χ0v) is 18.9. The van der Waals surface area contributed by atoms with Crippen LogP contribution in [0.2, 0.25) is 0 Å². The van der Waals surface area contributed by atoms with E-state index >= 15 is 0 Å². The minimum atomic E-state index is -0.0448. The lowest BCUT2D eigenvalue weighted by Crippen LogP contribution is -2.38. The monoisotopic (exact) mass is 436 g/mol. The summed E-state index contributed by atoms with van der Waals surface area (Å²) in [4.78, 5) is 14.8. The first kappa shape index (κ1) is 22.2. The van der Waals surface area contributed by atoms with Gasteiger partial charge < -0.3 is 19.5 Å². The maximum absolute atomic E-state index is 12.4. The van der Waals surface area contributed by atoms with Gasteiger partial charge in [0.05, 0.1) is 14.2 Å². The Morgan fingerprint density at radius 2 is 1.75 bits per heavy atom. The number of nitrogens with one attached hydrogen (secondary N) is 1. The summed E-state index contributed by atoms with van der Waals surface area (Å²) in [6.07, 6.45) is 8.42. The number of piperidine rings is 1. The lowest BCUT2D eigenvalue weighted by atomic mass is 10.1. The quantitative estimate of drug-likeness (QED) is 0.640. The van der Waals surface area contributed by atoms with E-state index in [0.29, 0.717) is 23.1 Å². The molecule has 6 heteroatoms. The van der Waals surface area contributed by atoms with E-state index in [1.54, 1.807) is 26.4 Å². The van der Waals surface area contributed by atoms with Gasteiger partial charge in [-0.2, -0.15) is 0 Å². The molecule has 170 valence electrons. The van der Waals surface area contributed by atoms with Crippen LogP contribution in [0.25, 0.3) is 6.08 Å². The van der Waals surface area contributed by atoms with Crippen molar-refractivity contribution in [2.45, 2.75) is 37.8 Å². The van der Waals surface area contributed by atoms with Crippen LogP contribution in [0.1, 0.15) is 41.6 Å². The van der Waals surface area contributed by atoms with Crippen LogP contribution >= 0.6 is 0 Å². The molecular weight excluding hydrogens is 404 g/mol. The maximum atomic E-state index is 12.4. The zero-order chi connectivity index (χ0) is 22.3. The second-order valence-electron chi connectivity index (χ2n) is 8.38. The number of carbonyl (C=O) groups excluding carboxylic acids is 1. The summed E-state index contributed by atoms with van der Waals surface area (Å²) in [7, 11) is 3.32. The number of carbonyl (C=O) groups is 1. The first-order chi connectivity index (χ1) is 15.7. The fourth-order valence-corrected chi connectivity index (χ4v) is 3.93. The summed E-state index contributed by atoms with van der Waals surface area (Å²) < 4.78 is 17.1. The molecule has 4 rings (SSSR count). The molecule has 1 saturated carbocycles. The van der Waals surface area contributed by atoms with Gasteiger partial charge in [-0.25, -0.2) is 0 Å². The molecule has 2 fully saturated rings. The number of hydrogen-bond donors (Lipinski definition) is 1. The maximum Gasteiger partial charge on any atom is 0.251 e. The highest BCUT2D eigenvalue weighted by molar-refractivity contribution is 5.95. The topological polar surface area (TPSA) is 60.0 Å². The Kier molecular flexibility index (Phi) is 7.32. The van der Waals surface area contributed by atoms with Crippen molar-refractivity contribution in [2.24, 2.45) is 0 Å². The molecule has 0 aromatic heterocycles. The van der Waals surface area contributed by atoms with E-state index in [-0.39, 0.29) is 12.0 Å². The van der Waals surface area contributed by atoms with Gasteiger partial charge in [-0.05, 0) is 49.9 Å². The zero-order valence-electron chi connectivity index (χ0n) is 18.9. The van der Waals surface area contributed by atoms with E-state index in [0.717, 1.165) is 56.6 Å². The second kappa shape index (κ2) is 10.6. The highest BCUT2D eigenvalue weighted by Gasteiger charge is 2.25. The molecule has 1 heterocycles. The van der Waals surface area contributed by atoms with Crippen molar-refractivity contribution < 1.29 is 19.0 Å². The van der Waals surface area contributed by atoms with E-state index in [2.05, 4.69) is 28.4 Å². The lowest BCUT2D eigenvalue weighted by molar-refractivity contribution is 0.0944. The Morgan fingerprint density at radius 1 is 1.00 bits per heavy atom. The van der Waals surface area contributed by atoms with Crippen molar-refractivity contribution >= 4 is 12.0 Å². The lowest BCUT2D eigenvalue weighted by Gasteiger charge is -2.31. The normalized spacial score (nSPS) is 17.3. The Morgan fingerprint density at radius 3 is 2.47 bits per heavy atom. The summed E-state index contributed by atoms with van der Waals surface area (Å²) in [6, 6.07) is 13.8. The highest BCUT2D eigenvalue weighted by atomic mass is 16.5. The summed E-state index contributed by atoms with van der Waals surface area (Å²) in [5.41, 5.74) is 1.71. The molecular formula is C26H32N2O4. The molecule has 32 heavy (non-hydrogen) atoms. The van der Waals surface area contributed by atoms with Crippen LogP contribution in [0.5, 0.6) is 17.2 Å². The van der Waals surface area contributed by atoms with Gasteiger partial charge in [-0.15, -0.1) is 0 Å². The van der Waals surface area contributed by atoms with E-state index in [9.17, 15) is 4.79 Å². The number of benzene rings is 2. The number of nitrogens with zero attached hydrogens (tertiary/aromatic N) is 1. The van der Waals surface area contributed by atoms with Crippen LogP contribution in [0.3, 0.4) is 0 Å². The summed E-state index contributed by atoms with van der Waals surface area (Å²) in [5.74, 6) is 2.15. The molecule has 0 atom stereocenters. The van der Waals surface area contributed by atoms with Gasteiger partial charge in [0.2, 0.25) is 0 Å². The number of likely N-dealkylation sites (tertiary alicyclic amines) is 1. The Labute approximate surface area is 190 Å². The van der Waals surface area contributed by atoms with Crippen molar-refractivity contribution in [1.29, 1.82) is 0 Å². The largest absolute Gasteiger partial charge is 0.496 e. The predicted octanol–water partition coefficient (Wildman–Crippen LogP) is 4.15. The Hall–Kier alpha value is -2.99. The van der Waals surface area contributed by atoms with Crippen LogP contribution < -0.4 is 19.5 Å². The first-order valence-electron chi connectivity index (χ1n) is 11.3. The number of ether oxygens (including phenoxy) is 3. The fourth-order valence-electron chi connectivity index (χ4n) is 3.93. The van der Waals surface area contributed by atoms with Crippen molar-refractivity contribution in [3.8, 4) is 17.2 Å². The number of para-hydroxylation sites is 1. The molecule has 1 aliphatic carbocycles. The SMILES string of the molecule is COc1ccccc1/C=C/CN1CCC(Oc2cc(C(=O)NC3CC3)ccc2OC)CC1. The standard InChI is InChI=1S/C26H32N2O4/c1-30-23-8-4-3-6-19(23)7-5-15-28-16-13-22(14-17-28)32-25-18-20(9-12-24(25)31-2)26(29)27-21-10-11-21/h3-9,12,18,21-22H,10-11,13-17H2,1-2H3,(H,27,29)/b7-5+. The Bertz CT molecular complexity index is 947. The molecule has 1 saturated heterocycles. The van der Waals surface area contributed by atoms with Gasteiger partial charge >= 0.3 is 0 Å². The minimum Gasteiger partial charge on any atom is -0.496 e. The second-order valence-corrected chi connectivity index (χ2v) is 8.38. The minimum absolute atomic E-state index is 0.0448. The predicted molar refractivity (Wildman–Crippen MR) is 126 cm³/mol. The molecule has 1 N–H and O–H groups in total. The van der Waals surface area contributed by atoms with Crippen molar-refractivity contribution in [3.05, 3.63) is 59.7 Å². The van der Waals surface area contributed by atoms with Crippen LogP contribution in [0, 0.1) is 0 Å².